The number of aliphatic hydroxyl groups is 1. The third-order valence-electron chi connectivity index (χ3n) is 6.17. The number of ether oxygens (including phenoxy) is 2. The number of thiazole rings is 1. The van der Waals surface area contributed by atoms with Crippen molar-refractivity contribution in [1.29, 1.82) is 0 Å². The molecule has 1 atom stereocenters. The highest BCUT2D eigenvalue weighted by molar-refractivity contribution is 7.22. The largest absolute Gasteiger partial charge is 0.507 e. The van der Waals surface area contributed by atoms with Crippen LogP contribution >= 0.6 is 34.5 Å². The second kappa shape index (κ2) is 11.3. The minimum Gasteiger partial charge on any atom is -0.507 e. The summed E-state index contributed by atoms with van der Waals surface area (Å²) < 4.78 is 12.0. The molecule has 0 saturated carbocycles. The van der Waals surface area contributed by atoms with Crippen LogP contribution in [0.5, 0.6) is 11.5 Å². The summed E-state index contributed by atoms with van der Waals surface area (Å²) in [5.41, 5.74) is 1.45. The zero-order valence-electron chi connectivity index (χ0n) is 21.1. The Morgan fingerprint density at radius 2 is 1.72 bits per heavy atom. The first-order chi connectivity index (χ1) is 18.8. The molecule has 1 aromatic heterocycles. The highest BCUT2D eigenvalue weighted by Gasteiger charge is 2.48. The van der Waals surface area contributed by atoms with E-state index in [1.54, 1.807) is 54.6 Å². The SMILES string of the molecule is CCCOc1ccc(C(O)=C2C(=O)C(=O)N(c3nc4ccc(OCC)cc4s3)C2c2ccc(Cl)c(Cl)c2)cc1. The molecule has 1 amide bonds. The van der Waals surface area contributed by atoms with Crippen LogP contribution in [0.3, 0.4) is 0 Å². The van der Waals surface area contributed by atoms with Crippen LogP contribution in [0.25, 0.3) is 16.0 Å². The van der Waals surface area contributed by atoms with E-state index in [1.807, 2.05) is 19.9 Å². The van der Waals surface area contributed by atoms with Crippen molar-refractivity contribution >= 4 is 67.3 Å². The maximum Gasteiger partial charge on any atom is 0.301 e. The number of amides is 1. The first-order valence-corrected chi connectivity index (χ1v) is 13.9. The van der Waals surface area contributed by atoms with Crippen molar-refractivity contribution in [3.63, 3.8) is 0 Å². The standard InChI is InChI=1S/C29H24Cl2N2O5S/c1-3-13-38-18-8-5-16(6-9-18)26(34)24-25(17-7-11-20(30)21(31)14-17)33(28(36)27(24)35)29-32-22-12-10-19(37-4-2)15-23(22)39-29/h5-12,14-15,25,34H,3-4,13H2,1-2H3. The number of fused-ring (bicyclic) bond motifs is 1. The fourth-order valence-corrected chi connectivity index (χ4v) is 5.69. The molecule has 0 bridgehead atoms. The van der Waals surface area contributed by atoms with E-state index in [2.05, 4.69) is 4.98 Å². The van der Waals surface area contributed by atoms with E-state index in [1.165, 1.54) is 16.2 Å². The summed E-state index contributed by atoms with van der Waals surface area (Å²) in [6.07, 6.45) is 0.855. The summed E-state index contributed by atoms with van der Waals surface area (Å²) in [7, 11) is 0. The number of nitrogens with zero attached hydrogens (tertiary/aromatic N) is 2. The lowest BCUT2D eigenvalue weighted by molar-refractivity contribution is -0.132. The molecule has 1 aliphatic rings. The fraction of sp³-hybridized carbons (Fsp3) is 0.207. The number of carbonyl (C=O) groups is 2. The van der Waals surface area contributed by atoms with Gasteiger partial charge in [0.05, 0.1) is 45.1 Å². The van der Waals surface area contributed by atoms with Gasteiger partial charge in [-0.1, -0.05) is 47.5 Å². The predicted octanol–water partition coefficient (Wildman–Crippen LogP) is 7.42. The van der Waals surface area contributed by atoms with Crippen molar-refractivity contribution in [2.45, 2.75) is 26.3 Å². The first-order valence-electron chi connectivity index (χ1n) is 12.3. The van der Waals surface area contributed by atoms with Gasteiger partial charge in [-0.15, -0.1) is 0 Å². The maximum atomic E-state index is 13.5. The Kier molecular flexibility index (Phi) is 7.79. The molecule has 1 fully saturated rings. The van der Waals surface area contributed by atoms with Crippen molar-refractivity contribution in [2.75, 3.05) is 18.1 Å². The van der Waals surface area contributed by atoms with Gasteiger partial charge >= 0.3 is 5.91 Å². The van der Waals surface area contributed by atoms with Gasteiger partial charge in [0.1, 0.15) is 17.3 Å². The Morgan fingerprint density at radius 3 is 2.41 bits per heavy atom. The number of hydrogen-bond donors (Lipinski definition) is 1. The van der Waals surface area contributed by atoms with Crippen LogP contribution in [-0.2, 0) is 9.59 Å². The molecule has 1 aliphatic heterocycles. The summed E-state index contributed by atoms with van der Waals surface area (Å²) in [5, 5.41) is 12.3. The van der Waals surface area contributed by atoms with Gasteiger partial charge in [-0.3, -0.25) is 14.5 Å². The zero-order valence-corrected chi connectivity index (χ0v) is 23.4. The monoisotopic (exact) mass is 582 g/mol. The molecule has 0 aliphatic carbocycles. The topological polar surface area (TPSA) is 89.0 Å². The maximum absolute atomic E-state index is 13.5. The van der Waals surface area contributed by atoms with Gasteiger partial charge in [-0.25, -0.2) is 4.98 Å². The number of anilines is 1. The number of Topliss-reactive ketones (excluding diaryl/α,β-unsaturated/α-hetero) is 1. The zero-order chi connectivity index (χ0) is 27.7. The van der Waals surface area contributed by atoms with Crippen molar-refractivity contribution < 1.29 is 24.2 Å². The molecule has 1 N–H and O–H groups in total. The lowest BCUT2D eigenvalue weighted by Crippen LogP contribution is -2.29. The molecule has 1 saturated heterocycles. The van der Waals surface area contributed by atoms with Gasteiger partial charge in [-0.05, 0) is 73.5 Å². The normalized spacial score (nSPS) is 16.7. The average molecular weight is 583 g/mol. The van der Waals surface area contributed by atoms with Crippen LogP contribution in [0, 0.1) is 0 Å². The molecule has 2 heterocycles. The number of ketones is 1. The molecule has 0 radical (unpaired) electrons. The second-order valence-electron chi connectivity index (χ2n) is 8.77. The number of benzene rings is 3. The third kappa shape index (κ3) is 5.20. The van der Waals surface area contributed by atoms with Crippen molar-refractivity contribution in [3.05, 3.63) is 87.4 Å². The van der Waals surface area contributed by atoms with Crippen LogP contribution in [0.2, 0.25) is 10.0 Å². The van der Waals surface area contributed by atoms with E-state index in [4.69, 9.17) is 32.7 Å². The van der Waals surface area contributed by atoms with Crippen LogP contribution in [0.4, 0.5) is 5.13 Å². The van der Waals surface area contributed by atoms with Crippen molar-refractivity contribution in [3.8, 4) is 11.5 Å². The molecule has 4 aromatic rings. The van der Waals surface area contributed by atoms with Crippen molar-refractivity contribution in [1.82, 2.24) is 4.98 Å². The lowest BCUT2D eigenvalue weighted by atomic mass is 9.95. The van der Waals surface area contributed by atoms with Crippen LogP contribution in [0.1, 0.15) is 37.4 Å². The van der Waals surface area contributed by atoms with Gasteiger partial charge in [0, 0.05) is 5.56 Å². The Labute approximate surface area is 239 Å². The van der Waals surface area contributed by atoms with E-state index in [-0.39, 0.29) is 16.4 Å². The number of halogens is 2. The van der Waals surface area contributed by atoms with Gasteiger partial charge in [0.15, 0.2) is 5.13 Å². The highest BCUT2D eigenvalue weighted by atomic mass is 35.5. The Balaban J connectivity index is 1.65. The molecule has 200 valence electrons. The Morgan fingerprint density at radius 1 is 0.974 bits per heavy atom. The van der Waals surface area contributed by atoms with Crippen LogP contribution in [0.15, 0.2) is 66.2 Å². The minimum absolute atomic E-state index is 0.0742. The van der Waals surface area contributed by atoms with E-state index >= 15 is 0 Å². The second-order valence-corrected chi connectivity index (χ2v) is 10.6. The van der Waals surface area contributed by atoms with Gasteiger partial charge < -0.3 is 14.6 Å². The molecule has 39 heavy (non-hydrogen) atoms. The van der Waals surface area contributed by atoms with E-state index in [0.717, 1.165) is 11.1 Å². The molecule has 10 heteroatoms. The van der Waals surface area contributed by atoms with E-state index in [0.29, 0.717) is 51.5 Å². The third-order valence-corrected chi connectivity index (χ3v) is 7.93. The number of aromatic nitrogens is 1. The number of carbonyl (C=O) groups excluding carboxylic acids is 2. The Bertz CT molecular complexity index is 1600. The summed E-state index contributed by atoms with van der Waals surface area (Å²) in [5.74, 6) is -0.636. The number of rotatable bonds is 8. The molecule has 3 aromatic carbocycles. The van der Waals surface area contributed by atoms with E-state index < -0.39 is 17.7 Å². The molecular weight excluding hydrogens is 559 g/mol. The van der Waals surface area contributed by atoms with Crippen LogP contribution < -0.4 is 14.4 Å². The first kappa shape index (κ1) is 27.0. The summed E-state index contributed by atoms with van der Waals surface area (Å²) in [4.78, 5) is 32.9. The highest BCUT2D eigenvalue weighted by Crippen LogP contribution is 2.45. The molecule has 7 nitrogen and oxygen atoms in total. The van der Waals surface area contributed by atoms with E-state index in [9.17, 15) is 14.7 Å². The van der Waals surface area contributed by atoms with Gasteiger partial charge in [0.25, 0.3) is 5.78 Å². The smallest absolute Gasteiger partial charge is 0.301 e. The fourth-order valence-electron chi connectivity index (χ4n) is 4.36. The summed E-state index contributed by atoms with van der Waals surface area (Å²) in [6, 6.07) is 16.0. The predicted molar refractivity (Wildman–Crippen MR) is 154 cm³/mol. The van der Waals surface area contributed by atoms with Gasteiger partial charge in [0.2, 0.25) is 0 Å². The van der Waals surface area contributed by atoms with Crippen LogP contribution in [-0.4, -0.2) is 35.0 Å². The van der Waals surface area contributed by atoms with Crippen molar-refractivity contribution in [2.24, 2.45) is 0 Å². The Hall–Kier alpha value is -3.59. The minimum atomic E-state index is -0.984. The number of aliphatic hydroxyl groups excluding tert-OH is 1. The quantitative estimate of drug-likeness (QED) is 0.132. The molecule has 0 spiro atoms. The molecule has 5 rings (SSSR count). The summed E-state index contributed by atoms with van der Waals surface area (Å²) in [6.45, 7) is 4.97. The lowest BCUT2D eigenvalue weighted by Gasteiger charge is -2.23. The number of hydrogen-bond acceptors (Lipinski definition) is 7. The molecular formula is C29H24Cl2N2O5S. The average Bonchev–Trinajstić information content (AvgIpc) is 3.46. The van der Waals surface area contributed by atoms with Gasteiger partial charge in [-0.2, -0.15) is 0 Å². The molecule has 1 unspecified atom stereocenters. The summed E-state index contributed by atoms with van der Waals surface area (Å²) >= 11 is 13.7.